The van der Waals surface area contributed by atoms with Gasteiger partial charge < -0.3 is 66.4 Å². The Hall–Kier alpha value is -8.81. The Morgan fingerprint density at radius 2 is 1.04 bits per heavy atom. The molecule has 0 spiro atoms. The molecule has 3 aromatic carbocycles. The van der Waals surface area contributed by atoms with Crippen LogP contribution in [0.25, 0.3) is 21.7 Å². The van der Waals surface area contributed by atoms with Crippen LogP contribution in [-0.4, -0.2) is 158 Å². The van der Waals surface area contributed by atoms with E-state index in [1.54, 1.807) is 158 Å². The molecule has 8 rings (SSSR count). The molecule has 26 heteroatoms. The number of Topliss-reactive ketones (excluding diaryl/α,β-unsaturated/α-hetero) is 1. The number of nitrogens with zero attached hydrogens (tertiary/aromatic N) is 3. The topological polar surface area (TPSA) is 320 Å². The summed E-state index contributed by atoms with van der Waals surface area (Å²) in [5.74, 6) is -3.49. The summed E-state index contributed by atoms with van der Waals surface area (Å²) in [4.78, 5) is 128. The number of fused-ring (bicyclic) bond motifs is 4. The van der Waals surface area contributed by atoms with Gasteiger partial charge in [0, 0.05) is 54.4 Å². The molecule has 0 radical (unpaired) electrons. The highest BCUT2D eigenvalue weighted by Gasteiger charge is 2.42. The number of aliphatic imine (C=N–C) groups is 1. The van der Waals surface area contributed by atoms with Crippen molar-refractivity contribution < 1.29 is 104 Å². The molecule has 2 saturated heterocycles. The first-order valence-corrected chi connectivity index (χ1v) is 30.9. The molecule has 26 nitrogen and oxygen atoms in total. The molecule has 0 unspecified atom stereocenters. The first-order valence-electron chi connectivity index (χ1n) is 30.9. The van der Waals surface area contributed by atoms with Gasteiger partial charge in [-0.25, -0.2) is 24.2 Å². The monoisotopic (exact) mass is 1310 g/mol. The molecule has 2 aliphatic heterocycles. The fourth-order valence-corrected chi connectivity index (χ4v) is 9.54. The van der Waals surface area contributed by atoms with Gasteiger partial charge in [0.25, 0.3) is 0 Å². The first kappa shape index (κ1) is 74.2. The number of esters is 3. The second kappa shape index (κ2) is 31.4. The highest BCUT2D eigenvalue weighted by atomic mass is 16.8. The van der Waals surface area contributed by atoms with Crippen molar-refractivity contribution >= 4 is 81.4 Å². The molecule has 3 amide bonds. The Morgan fingerprint density at radius 1 is 0.553 bits per heavy atom. The summed E-state index contributed by atoms with van der Waals surface area (Å²) < 4.78 is 67.5. The second-order valence-corrected chi connectivity index (χ2v) is 26.4. The van der Waals surface area contributed by atoms with Crippen LogP contribution in [0.2, 0.25) is 0 Å². The van der Waals surface area contributed by atoms with Crippen molar-refractivity contribution in [2.45, 2.75) is 170 Å². The third-order valence-corrected chi connectivity index (χ3v) is 13.5. The van der Waals surface area contributed by atoms with Crippen LogP contribution in [0.3, 0.4) is 0 Å². The standard InChI is InChI=1S/C38H50N2O12.C16H12O5.C14H24N2O5/c1-24(41)23-40(35(45)52-37(5,6)7)19-13-17-29(42)49-31-25-14-9-10-15-26(25)32(33-27(31)22-28(48-33)38(8)46-20-21-47-38)50-34(44)39-18-12-11-16-30(43)51-36(2,3)4;1-16(19-6-7-20-16)12-8-11-13(17)9-4-2-3-5-10(9)14(18)15(11)21-12;1-13(2,3)20-11(18)9-16(8-7-15-10-17)12(19)21-14(4,5)6/h9-10,14-15,22H,11-13,16-21,23H2,1-8H3,(H,39,44);2-5,8H,6-7H2,1H3;7-9H2,1-6H3. The quantitative estimate of drug-likeness (QED) is 0.0185. The van der Waals surface area contributed by atoms with Crippen LogP contribution in [0, 0.1) is 0 Å². The number of isocyanates is 1. The van der Waals surface area contributed by atoms with Crippen LogP contribution in [0.15, 0.2) is 74.5 Å². The zero-order valence-corrected chi connectivity index (χ0v) is 56.2. The van der Waals surface area contributed by atoms with E-state index in [2.05, 4.69) is 10.3 Å². The molecular formula is C68H86N4O22. The second-order valence-electron chi connectivity index (χ2n) is 26.4. The number of ether oxygens (including phenoxy) is 10. The maximum Gasteiger partial charge on any atom is 0.412 e. The van der Waals surface area contributed by atoms with Crippen LogP contribution >= 0.6 is 0 Å². The molecule has 0 bridgehead atoms. The van der Waals surface area contributed by atoms with Gasteiger partial charge in [-0.3, -0.25) is 33.7 Å². The number of ketones is 3. The van der Waals surface area contributed by atoms with Crippen LogP contribution in [0.5, 0.6) is 11.5 Å². The number of carbonyl (C=O) groups excluding carboxylic acids is 10. The lowest BCUT2D eigenvalue weighted by Gasteiger charge is -2.27. The maximum absolute atomic E-state index is 13.3. The Morgan fingerprint density at radius 3 is 1.57 bits per heavy atom. The predicted molar refractivity (Wildman–Crippen MR) is 338 cm³/mol. The lowest BCUT2D eigenvalue weighted by atomic mass is 9.88. The number of benzene rings is 3. The minimum atomic E-state index is -1.23. The van der Waals surface area contributed by atoms with E-state index < -0.39 is 64.2 Å². The zero-order valence-electron chi connectivity index (χ0n) is 56.2. The van der Waals surface area contributed by atoms with Gasteiger partial charge in [-0.05, 0) is 135 Å². The van der Waals surface area contributed by atoms with Crippen LogP contribution in [0.4, 0.5) is 14.4 Å². The number of hydrogen-bond acceptors (Lipinski definition) is 23. The van der Waals surface area contributed by atoms with Crippen molar-refractivity contribution in [1.82, 2.24) is 15.1 Å². The Labute approximate surface area is 545 Å². The van der Waals surface area contributed by atoms with Crippen LogP contribution in [-0.2, 0) is 73.4 Å². The molecule has 0 atom stereocenters. The lowest BCUT2D eigenvalue weighted by Crippen LogP contribution is -2.42. The largest absolute Gasteiger partial charge is 0.460 e. The highest BCUT2D eigenvalue weighted by molar-refractivity contribution is 6.27. The van der Waals surface area contributed by atoms with Gasteiger partial charge in [0.15, 0.2) is 34.4 Å². The van der Waals surface area contributed by atoms with Crippen LogP contribution < -0.4 is 14.8 Å². The first-order chi connectivity index (χ1) is 43.9. The summed E-state index contributed by atoms with van der Waals surface area (Å²) in [6.45, 7) is 27.4. The average molecular weight is 1310 g/mol. The third kappa shape index (κ3) is 21.4. The average Bonchev–Trinajstić information content (AvgIpc) is 1.55. The van der Waals surface area contributed by atoms with E-state index in [1.807, 2.05) is 0 Å². The fourth-order valence-electron chi connectivity index (χ4n) is 9.54. The molecular weight excluding hydrogens is 1220 g/mol. The van der Waals surface area contributed by atoms with Crippen LogP contribution in [0.1, 0.15) is 180 Å². The Kier molecular flexibility index (Phi) is 24.8. The number of rotatable bonds is 20. The summed E-state index contributed by atoms with van der Waals surface area (Å²) in [5, 5.41) is 3.97. The minimum absolute atomic E-state index is 0.0472. The fraction of sp³-hybridized carbons (Fsp3) is 0.529. The van der Waals surface area contributed by atoms with Crippen molar-refractivity contribution in [2.24, 2.45) is 4.99 Å². The summed E-state index contributed by atoms with van der Waals surface area (Å²) in [6, 6.07) is 16.9. The normalized spacial score (nSPS) is 14.8. The van der Waals surface area contributed by atoms with Crippen molar-refractivity contribution in [2.75, 3.05) is 65.7 Å². The van der Waals surface area contributed by atoms with E-state index in [1.165, 1.54) is 17.9 Å². The minimum Gasteiger partial charge on any atom is -0.460 e. The van der Waals surface area contributed by atoms with Gasteiger partial charge in [-0.2, -0.15) is 0 Å². The van der Waals surface area contributed by atoms with E-state index in [-0.39, 0.29) is 116 Å². The number of amides is 3. The van der Waals surface area contributed by atoms with E-state index in [4.69, 9.17) is 56.2 Å². The Bertz CT molecular complexity index is 3580. The zero-order chi connectivity index (χ0) is 69.6. The highest BCUT2D eigenvalue weighted by Crippen LogP contribution is 2.47. The van der Waals surface area contributed by atoms with Gasteiger partial charge in [0.2, 0.25) is 23.4 Å². The van der Waals surface area contributed by atoms with E-state index in [0.717, 1.165) is 4.90 Å². The molecule has 1 aliphatic carbocycles. The van der Waals surface area contributed by atoms with E-state index in [9.17, 15) is 47.9 Å². The molecule has 2 aromatic heterocycles. The van der Waals surface area contributed by atoms with Crippen molar-refractivity contribution in [3.05, 3.63) is 94.6 Å². The summed E-state index contributed by atoms with van der Waals surface area (Å²) in [5.41, 5.74) is -1.47. The number of nitrogens with one attached hydrogen (secondary N) is 1. The Balaban J connectivity index is 0.000000270. The summed E-state index contributed by atoms with van der Waals surface area (Å²) >= 11 is 0. The molecule has 510 valence electrons. The number of furan rings is 2. The number of carbonyl (C=O) groups is 9. The molecule has 0 saturated carbocycles. The predicted octanol–water partition coefficient (Wildman–Crippen LogP) is 11.1. The van der Waals surface area contributed by atoms with Crippen molar-refractivity contribution in [1.29, 1.82) is 0 Å². The third-order valence-electron chi connectivity index (χ3n) is 13.5. The molecule has 2 fully saturated rings. The summed E-state index contributed by atoms with van der Waals surface area (Å²) in [7, 11) is 0. The van der Waals surface area contributed by atoms with Crippen molar-refractivity contribution in [3.63, 3.8) is 0 Å². The van der Waals surface area contributed by atoms with Crippen molar-refractivity contribution in [3.8, 4) is 11.5 Å². The molecule has 4 heterocycles. The van der Waals surface area contributed by atoms with E-state index in [0.29, 0.717) is 72.3 Å². The van der Waals surface area contributed by atoms with Gasteiger partial charge >= 0.3 is 36.2 Å². The number of hydrogen-bond donors (Lipinski definition) is 1. The van der Waals surface area contributed by atoms with Gasteiger partial charge in [-0.15, -0.1) is 0 Å². The van der Waals surface area contributed by atoms with E-state index >= 15 is 0 Å². The SMILES string of the molecule is CC(=O)CN(CCCC(=O)Oc1c2ccccc2c(OC(=O)NCCCCC(=O)OC(C)(C)C)c2oc(C3(C)OCCO3)cc12)C(=O)OC(C)(C)C.CC(C)(C)OC(=O)CN(CCN=C=O)C(=O)OC(C)(C)C.CC1(c2cc3c(o2)C(=O)c2ccccc2C3=O)OCCO1. The van der Waals surface area contributed by atoms with Gasteiger partial charge in [-0.1, -0.05) is 48.5 Å². The summed E-state index contributed by atoms with van der Waals surface area (Å²) in [6.07, 6.45) is 0.684. The van der Waals surface area contributed by atoms with Gasteiger partial charge in [0.05, 0.1) is 50.5 Å². The smallest absolute Gasteiger partial charge is 0.412 e. The molecule has 94 heavy (non-hydrogen) atoms. The molecule has 3 aliphatic rings. The molecule has 1 N–H and O–H groups in total. The lowest BCUT2D eigenvalue weighted by molar-refractivity contribution is -0.163. The van der Waals surface area contributed by atoms with Gasteiger partial charge in [0.1, 0.15) is 40.5 Å². The maximum atomic E-state index is 13.3. The molecule has 5 aromatic rings. The number of unbranched alkanes of at least 4 members (excludes halogenated alkanes) is 1.